The van der Waals surface area contributed by atoms with Crippen LogP contribution in [-0.2, 0) is 21.4 Å². The van der Waals surface area contributed by atoms with Gasteiger partial charge in [0.15, 0.2) is 11.5 Å². The molecule has 33 heavy (non-hydrogen) atoms. The lowest BCUT2D eigenvalue weighted by atomic mass is 10.1. The maximum atomic E-state index is 12.5. The number of carbonyl (C=O) groups excluding carboxylic acids is 2. The van der Waals surface area contributed by atoms with E-state index in [1.807, 2.05) is 0 Å². The zero-order valence-corrected chi connectivity index (χ0v) is 20.0. The molecule has 10 nitrogen and oxygen atoms in total. The van der Waals surface area contributed by atoms with Crippen LogP contribution >= 0.6 is 0 Å². The summed E-state index contributed by atoms with van der Waals surface area (Å²) in [7, 11) is 0.688. The lowest BCUT2D eigenvalue weighted by Crippen LogP contribution is -2.36. The Morgan fingerprint density at radius 3 is 2.12 bits per heavy atom. The van der Waals surface area contributed by atoms with Gasteiger partial charge in [-0.15, -0.1) is 0 Å². The zero-order valence-electron chi connectivity index (χ0n) is 19.2. The van der Waals surface area contributed by atoms with Gasteiger partial charge in [0, 0.05) is 18.2 Å². The van der Waals surface area contributed by atoms with Gasteiger partial charge in [-0.3, -0.25) is 9.59 Å². The first-order valence-corrected chi connectivity index (χ1v) is 11.6. The van der Waals surface area contributed by atoms with Gasteiger partial charge in [0.1, 0.15) is 0 Å². The lowest BCUT2D eigenvalue weighted by Gasteiger charge is -2.14. The molecule has 2 aromatic rings. The van der Waals surface area contributed by atoms with Crippen LogP contribution in [-0.4, -0.2) is 54.1 Å². The van der Waals surface area contributed by atoms with E-state index in [1.54, 1.807) is 26.0 Å². The molecule has 0 spiro atoms. The van der Waals surface area contributed by atoms with Crippen LogP contribution in [0.2, 0.25) is 0 Å². The largest absolute Gasteiger partial charge is 0.493 e. The van der Waals surface area contributed by atoms with Crippen molar-refractivity contribution in [2.24, 2.45) is 0 Å². The third-order valence-corrected chi connectivity index (χ3v) is 6.08. The third kappa shape index (κ3) is 7.09. The van der Waals surface area contributed by atoms with Crippen molar-refractivity contribution in [1.82, 2.24) is 15.4 Å². The van der Waals surface area contributed by atoms with Crippen molar-refractivity contribution < 1.29 is 32.2 Å². The SMILES string of the molecule is COc1cc(C(=O)NCC(=O)NCc2cccc(S(=O)(=O)NC(C)C)c2)cc(OC)c1OC. The average Bonchev–Trinajstić information content (AvgIpc) is 2.79. The summed E-state index contributed by atoms with van der Waals surface area (Å²) in [5.74, 6) is 0.0326. The highest BCUT2D eigenvalue weighted by Gasteiger charge is 2.18. The summed E-state index contributed by atoms with van der Waals surface area (Å²) in [6.45, 7) is 3.29. The quantitative estimate of drug-likeness (QED) is 0.444. The molecular formula is C22H29N3O7S. The first-order valence-electron chi connectivity index (χ1n) is 10.1. The second-order valence-corrected chi connectivity index (χ2v) is 9.01. The Morgan fingerprint density at radius 2 is 1.58 bits per heavy atom. The number of methoxy groups -OCH3 is 3. The minimum Gasteiger partial charge on any atom is -0.493 e. The standard InChI is InChI=1S/C22H29N3O7S/c1-14(2)25-33(28,29)17-8-6-7-15(9-17)12-23-20(26)13-24-22(27)16-10-18(30-3)21(32-5)19(11-16)31-4/h6-11,14,25H,12-13H2,1-5H3,(H,23,26)(H,24,27). The van der Waals surface area contributed by atoms with Crippen LogP contribution in [0.5, 0.6) is 17.2 Å². The van der Waals surface area contributed by atoms with Gasteiger partial charge in [-0.05, 0) is 43.7 Å². The Balaban J connectivity index is 1.98. The lowest BCUT2D eigenvalue weighted by molar-refractivity contribution is -0.120. The number of hydrogen-bond acceptors (Lipinski definition) is 7. The van der Waals surface area contributed by atoms with Gasteiger partial charge in [0.2, 0.25) is 21.7 Å². The number of carbonyl (C=O) groups is 2. The van der Waals surface area contributed by atoms with Gasteiger partial charge in [-0.25, -0.2) is 13.1 Å². The number of nitrogens with one attached hydrogen (secondary N) is 3. The molecule has 2 amide bonds. The summed E-state index contributed by atoms with van der Waals surface area (Å²) in [5.41, 5.74) is 0.832. The van der Waals surface area contributed by atoms with E-state index in [0.717, 1.165) is 0 Å². The summed E-state index contributed by atoms with van der Waals surface area (Å²) in [6, 6.07) is 8.98. The minimum atomic E-state index is -3.64. The highest BCUT2D eigenvalue weighted by atomic mass is 32.2. The first kappa shape index (κ1) is 25.9. The topological polar surface area (TPSA) is 132 Å². The van der Waals surface area contributed by atoms with Gasteiger partial charge in [-0.2, -0.15) is 0 Å². The molecule has 0 fully saturated rings. The molecule has 0 saturated carbocycles. The molecule has 2 aromatic carbocycles. The minimum absolute atomic E-state index is 0.101. The van der Waals surface area contributed by atoms with Crippen LogP contribution in [0.25, 0.3) is 0 Å². The monoisotopic (exact) mass is 479 g/mol. The number of ether oxygens (including phenoxy) is 3. The summed E-state index contributed by atoms with van der Waals surface area (Å²) in [6.07, 6.45) is 0. The van der Waals surface area contributed by atoms with Crippen LogP contribution < -0.4 is 29.6 Å². The van der Waals surface area contributed by atoms with Crippen LogP contribution in [0.15, 0.2) is 41.3 Å². The summed E-state index contributed by atoms with van der Waals surface area (Å²) in [5, 5.41) is 5.17. The van der Waals surface area contributed by atoms with E-state index in [1.165, 1.54) is 45.6 Å². The van der Waals surface area contributed by atoms with Crippen molar-refractivity contribution in [2.45, 2.75) is 31.3 Å². The van der Waals surface area contributed by atoms with Gasteiger partial charge < -0.3 is 24.8 Å². The number of hydrogen-bond donors (Lipinski definition) is 3. The molecule has 0 atom stereocenters. The second-order valence-electron chi connectivity index (χ2n) is 7.30. The van der Waals surface area contributed by atoms with Gasteiger partial charge >= 0.3 is 0 Å². The molecule has 0 aliphatic rings. The third-order valence-electron chi connectivity index (χ3n) is 4.43. The molecule has 0 radical (unpaired) electrons. The van der Waals surface area contributed by atoms with E-state index in [2.05, 4.69) is 15.4 Å². The summed E-state index contributed by atoms with van der Waals surface area (Å²) in [4.78, 5) is 24.8. The number of benzene rings is 2. The van der Waals surface area contributed by atoms with E-state index >= 15 is 0 Å². The fraction of sp³-hybridized carbons (Fsp3) is 0.364. The van der Waals surface area contributed by atoms with E-state index in [4.69, 9.17) is 14.2 Å². The molecular weight excluding hydrogens is 450 g/mol. The Hall–Kier alpha value is -3.31. The van der Waals surface area contributed by atoms with Crippen molar-refractivity contribution in [3.8, 4) is 17.2 Å². The van der Waals surface area contributed by atoms with Gasteiger partial charge in [-0.1, -0.05) is 12.1 Å². The molecule has 0 aromatic heterocycles. The van der Waals surface area contributed by atoms with Crippen LogP contribution in [0, 0.1) is 0 Å². The predicted octanol–water partition coefficient (Wildman–Crippen LogP) is 1.45. The normalized spacial score (nSPS) is 11.1. The van der Waals surface area contributed by atoms with Gasteiger partial charge in [0.05, 0.1) is 32.8 Å². The smallest absolute Gasteiger partial charge is 0.251 e. The maximum absolute atomic E-state index is 12.5. The number of sulfonamides is 1. The van der Waals surface area contributed by atoms with Crippen molar-refractivity contribution in [1.29, 1.82) is 0 Å². The molecule has 180 valence electrons. The first-order chi connectivity index (χ1) is 15.6. The molecule has 0 unspecified atom stereocenters. The fourth-order valence-electron chi connectivity index (χ4n) is 2.94. The molecule has 0 saturated heterocycles. The van der Waals surface area contributed by atoms with Gasteiger partial charge in [0.25, 0.3) is 5.91 Å². The second kappa shape index (κ2) is 11.5. The molecule has 0 heterocycles. The summed E-state index contributed by atoms with van der Waals surface area (Å²) < 4.78 is 42.8. The maximum Gasteiger partial charge on any atom is 0.251 e. The molecule has 11 heteroatoms. The fourth-order valence-corrected chi connectivity index (χ4v) is 4.26. The van der Waals surface area contributed by atoms with Crippen molar-refractivity contribution in [2.75, 3.05) is 27.9 Å². The molecule has 3 N–H and O–H groups in total. The Bertz CT molecular complexity index is 1080. The number of amides is 2. The molecule has 0 aliphatic heterocycles. The van der Waals surface area contributed by atoms with Crippen LogP contribution in [0.4, 0.5) is 0 Å². The van der Waals surface area contributed by atoms with E-state index in [-0.39, 0.29) is 29.6 Å². The van der Waals surface area contributed by atoms with Crippen molar-refractivity contribution in [3.05, 3.63) is 47.5 Å². The molecule has 2 rings (SSSR count). The Labute approximate surface area is 193 Å². The highest BCUT2D eigenvalue weighted by molar-refractivity contribution is 7.89. The summed E-state index contributed by atoms with van der Waals surface area (Å²) >= 11 is 0. The van der Waals surface area contributed by atoms with E-state index < -0.39 is 21.8 Å². The van der Waals surface area contributed by atoms with Crippen molar-refractivity contribution >= 4 is 21.8 Å². The average molecular weight is 480 g/mol. The Kier molecular flexibility index (Phi) is 9.06. The van der Waals surface area contributed by atoms with Crippen LogP contribution in [0.3, 0.4) is 0 Å². The van der Waals surface area contributed by atoms with Crippen LogP contribution in [0.1, 0.15) is 29.8 Å². The Morgan fingerprint density at radius 1 is 0.939 bits per heavy atom. The number of rotatable bonds is 11. The zero-order chi connectivity index (χ0) is 24.6. The van der Waals surface area contributed by atoms with E-state index in [0.29, 0.717) is 22.8 Å². The predicted molar refractivity (Wildman–Crippen MR) is 122 cm³/mol. The highest BCUT2D eigenvalue weighted by Crippen LogP contribution is 2.38. The van der Waals surface area contributed by atoms with Crippen molar-refractivity contribution in [3.63, 3.8) is 0 Å². The molecule has 0 aliphatic carbocycles. The molecule has 0 bridgehead atoms. The van der Waals surface area contributed by atoms with E-state index in [9.17, 15) is 18.0 Å².